The maximum Gasteiger partial charge on any atom is 0.254 e. The van der Waals surface area contributed by atoms with E-state index in [1.165, 1.54) is 12.3 Å². The first-order valence-corrected chi connectivity index (χ1v) is 7.61. The molecule has 2 unspecified atom stereocenters. The Hall–Kier alpha value is -2.91. The number of hydrogen-bond donors (Lipinski definition) is 1. The van der Waals surface area contributed by atoms with E-state index in [0.717, 1.165) is 5.56 Å². The Morgan fingerprint density at radius 1 is 1.42 bits per heavy atom. The predicted molar refractivity (Wildman–Crippen MR) is 86.3 cm³/mol. The van der Waals surface area contributed by atoms with Gasteiger partial charge in [-0.2, -0.15) is 5.26 Å². The number of benzene rings is 1. The molecule has 3 rings (SSSR count). The minimum atomic E-state index is -0.581. The van der Waals surface area contributed by atoms with Crippen LogP contribution >= 0.6 is 0 Å². The molecule has 0 saturated carbocycles. The van der Waals surface area contributed by atoms with Crippen molar-refractivity contribution in [2.45, 2.75) is 18.6 Å². The molecule has 1 N–H and O–H groups in total. The van der Waals surface area contributed by atoms with Crippen LogP contribution in [0.1, 0.15) is 34.1 Å². The summed E-state index contributed by atoms with van der Waals surface area (Å²) in [6.07, 6.45) is 1.33. The second-order valence-corrected chi connectivity index (χ2v) is 5.68. The molecule has 6 heteroatoms. The number of methoxy groups -OCH3 is 1. The van der Waals surface area contributed by atoms with E-state index in [-0.39, 0.29) is 24.2 Å². The van der Waals surface area contributed by atoms with Crippen LogP contribution in [-0.4, -0.2) is 40.7 Å². The van der Waals surface area contributed by atoms with Gasteiger partial charge in [-0.3, -0.25) is 4.79 Å². The molecular weight excluding hydrogens is 306 g/mol. The highest BCUT2D eigenvalue weighted by molar-refractivity contribution is 5.95. The van der Waals surface area contributed by atoms with Crippen LogP contribution < -0.4 is 4.74 Å². The fourth-order valence-electron chi connectivity index (χ4n) is 2.99. The molecule has 2 atom stereocenters. The molecule has 0 aliphatic carbocycles. The van der Waals surface area contributed by atoms with Crippen molar-refractivity contribution >= 4 is 5.91 Å². The number of pyridine rings is 1. The average Bonchev–Trinajstić information content (AvgIpc) is 3.03. The van der Waals surface area contributed by atoms with E-state index in [1.807, 2.05) is 30.3 Å². The quantitative estimate of drug-likeness (QED) is 0.932. The van der Waals surface area contributed by atoms with Crippen LogP contribution in [0.3, 0.4) is 0 Å². The number of nitrogens with zero attached hydrogens (tertiary/aromatic N) is 3. The first kappa shape index (κ1) is 16.0. The van der Waals surface area contributed by atoms with Crippen LogP contribution in [0.2, 0.25) is 0 Å². The SMILES string of the molecule is COc1cccc(C2CC(O)CN2C(=O)c2ccnc(C#N)c2)c1. The molecule has 1 saturated heterocycles. The van der Waals surface area contributed by atoms with E-state index in [0.29, 0.717) is 17.7 Å². The molecule has 1 aliphatic rings. The van der Waals surface area contributed by atoms with Crippen molar-refractivity contribution in [3.8, 4) is 11.8 Å². The lowest BCUT2D eigenvalue weighted by molar-refractivity contribution is 0.0715. The van der Waals surface area contributed by atoms with Crippen LogP contribution in [0.15, 0.2) is 42.6 Å². The van der Waals surface area contributed by atoms with Crippen molar-refractivity contribution in [3.63, 3.8) is 0 Å². The molecule has 0 spiro atoms. The number of aromatic nitrogens is 1. The van der Waals surface area contributed by atoms with Crippen LogP contribution in [0.5, 0.6) is 5.75 Å². The van der Waals surface area contributed by atoms with Gasteiger partial charge in [-0.05, 0) is 36.2 Å². The molecule has 1 aromatic carbocycles. The summed E-state index contributed by atoms with van der Waals surface area (Å²) in [6.45, 7) is 0.255. The van der Waals surface area contributed by atoms with Gasteiger partial charge in [-0.25, -0.2) is 4.98 Å². The number of amides is 1. The van der Waals surface area contributed by atoms with Crippen LogP contribution in [0, 0.1) is 11.3 Å². The monoisotopic (exact) mass is 323 g/mol. The summed E-state index contributed by atoms with van der Waals surface area (Å²) in [5.41, 5.74) is 1.50. The number of likely N-dealkylation sites (tertiary alicyclic amines) is 1. The molecule has 1 aliphatic heterocycles. The smallest absolute Gasteiger partial charge is 0.254 e. The number of β-amino-alcohol motifs (C(OH)–C–C–N with tert-alkyl or cyclic N) is 1. The van der Waals surface area contributed by atoms with Crippen molar-refractivity contribution in [1.82, 2.24) is 9.88 Å². The second-order valence-electron chi connectivity index (χ2n) is 5.68. The number of hydrogen-bond acceptors (Lipinski definition) is 5. The average molecular weight is 323 g/mol. The van der Waals surface area contributed by atoms with Crippen LogP contribution in [0.4, 0.5) is 0 Å². The first-order valence-electron chi connectivity index (χ1n) is 7.61. The van der Waals surface area contributed by atoms with Gasteiger partial charge < -0.3 is 14.7 Å². The minimum Gasteiger partial charge on any atom is -0.497 e. The molecule has 0 bridgehead atoms. The van der Waals surface area contributed by atoms with Gasteiger partial charge in [0.25, 0.3) is 5.91 Å². The number of nitriles is 1. The highest BCUT2D eigenvalue weighted by atomic mass is 16.5. The fourth-order valence-corrected chi connectivity index (χ4v) is 2.99. The van der Waals surface area contributed by atoms with E-state index < -0.39 is 6.10 Å². The van der Waals surface area contributed by atoms with Gasteiger partial charge in [-0.1, -0.05) is 12.1 Å². The summed E-state index contributed by atoms with van der Waals surface area (Å²) in [4.78, 5) is 18.4. The topological polar surface area (TPSA) is 86.5 Å². The zero-order chi connectivity index (χ0) is 17.1. The van der Waals surface area contributed by atoms with Crippen molar-refractivity contribution in [3.05, 3.63) is 59.4 Å². The van der Waals surface area contributed by atoms with Gasteiger partial charge in [0.2, 0.25) is 0 Å². The lowest BCUT2D eigenvalue weighted by Crippen LogP contribution is -2.31. The van der Waals surface area contributed by atoms with E-state index in [9.17, 15) is 9.90 Å². The van der Waals surface area contributed by atoms with Gasteiger partial charge in [-0.15, -0.1) is 0 Å². The zero-order valence-electron chi connectivity index (χ0n) is 13.2. The molecule has 1 aromatic heterocycles. The molecule has 0 radical (unpaired) electrons. The number of rotatable bonds is 3. The summed E-state index contributed by atoms with van der Waals surface area (Å²) in [6, 6.07) is 12.2. The van der Waals surface area contributed by atoms with Crippen molar-refractivity contribution in [2.75, 3.05) is 13.7 Å². The Balaban J connectivity index is 1.92. The normalized spacial score (nSPS) is 19.8. The standard InChI is InChI=1S/C18H17N3O3/c1-24-16-4-2-3-12(8-16)17-9-15(22)11-21(17)18(23)13-5-6-20-14(7-13)10-19/h2-8,15,17,22H,9,11H2,1H3. The summed E-state index contributed by atoms with van der Waals surface area (Å²) in [5, 5.41) is 19.0. The van der Waals surface area contributed by atoms with Crippen molar-refractivity contribution in [2.24, 2.45) is 0 Å². The maximum atomic E-state index is 12.8. The number of aliphatic hydroxyl groups is 1. The Morgan fingerprint density at radius 3 is 3.00 bits per heavy atom. The van der Waals surface area contributed by atoms with E-state index in [4.69, 9.17) is 10.00 Å². The fraction of sp³-hybridized carbons (Fsp3) is 0.278. The summed E-state index contributed by atoms with van der Waals surface area (Å²) < 4.78 is 5.24. The third-order valence-electron chi connectivity index (χ3n) is 4.14. The Morgan fingerprint density at radius 2 is 2.25 bits per heavy atom. The molecular formula is C18H17N3O3. The Labute approximate surface area is 139 Å². The summed E-state index contributed by atoms with van der Waals surface area (Å²) in [5.74, 6) is 0.482. The Bertz CT molecular complexity index is 800. The number of carbonyl (C=O) groups excluding carboxylic acids is 1. The summed E-state index contributed by atoms with van der Waals surface area (Å²) >= 11 is 0. The Kier molecular flexibility index (Phi) is 4.45. The van der Waals surface area contributed by atoms with Crippen molar-refractivity contribution < 1.29 is 14.6 Å². The third kappa shape index (κ3) is 3.07. The molecule has 122 valence electrons. The minimum absolute atomic E-state index is 0.193. The number of ether oxygens (including phenoxy) is 1. The maximum absolute atomic E-state index is 12.8. The number of aliphatic hydroxyl groups excluding tert-OH is 1. The molecule has 1 fully saturated rings. The third-order valence-corrected chi connectivity index (χ3v) is 4.14. The summed E-state index contributed by atoms with van der Waals surface area (Å²) in [7, 11) is 1.59. The predicted octanol–water partition coefficient (Wildman–Crippen LogP) is 1.91. The van der Waals surface area contributed by atoms with Crippen molar-refractivity contribution in [1.29, 1.82) is 5.26 Å². The van der Waals surface area contributed by atoms with Gasteiger partial charge in [0.1, 0.15) is 17.5 Å². The molecule has 2 heterocycles. The molecule has 2 aromatic rings. The van der Waals surface area contributed by atoms with Crippen LogP contribution in [0.25, 0.3) is 0 Å². The van der Waals surface area contributed by atoms with Gasteiger partial charge in [0.05, 0.1) is 19.3 Å². The largest absolute Gasteiger partial charge is 0.497 e. The van der Waals surface area contributed by atoms with E-state index >= 15 is 0 Å². The highest BCUT2D eigenvalue weighted by Gasteiger charge is 2.36. The lowest BCUT2D eigenvalue weighted by Gasteiger charge is -2.25. The van der Waals surface area contributed by atoms with Gasteiger partial charge in [0.15, 0.2) is 0 Å². The molecule has 6 nitrogen and oxygen atoms in total. The van der Waals surface area contributed by atoms with E-state index in [2.05, 4.69) is 4.98 Å². The van der Waals surface area contributed by atoms with Gasteiger partial charge in [0, 0.05) is 18.3 Å². The zero-order valence-corrected chi connectivity index (χ0v) is 13.2. The molecule has 1 amide bonds. The lowest BCUT2D eigenvalue weighted by atomic mass is 10.0. The van der Waals surface area contributed by atoms with E-state index in [1.54, 1.807) is 18.1 Å². The van der Waals surface area contributed by atoms with Gasteiger partial charge >= 0.3 is 0 Å². The first-order chi connectivity index (χ1) is 11.6. The number of carbonyl (C=O) groups is 1. The highest BCUT2D eigenvalue weighted by Crippen LogP contribution is 2.34. The molecule has 24 heavy (non-hydrogen) atoms. The second kappa shape index (κ2) is 6.69. The van der Waals surface area contributed by atoms with Crippen LogP contribution in [-0.2, 0) is 0 Å².